The predicted molar refractivity (Wildman–Crippen MR) is 25.2 cm³/mol. The van der Waals surface area contributed by atoms with Crippen molar-refractivity contribution in [1.29, 1.82) is 0 Å². The van der Waals surface area contributed by atoms with Crippen LogP contribution < -0.4 is 4.89 Å². The minimum absolute atomic E-state index is 0.691. The molecule has 0 saturated carbocycles. The fraction of sp³-hybridized carbons (Fsp3) is 0.500. The molecule has 0 aromatic heterocycles. The molecule has 0 saturated heterocycles. The number of carbonyl (C=O) groups is 1. The summed E-state index contributed by atoms with van der Waals surface area (Å²) < 4.78 is 19.1. The van der Waals surface area contributed by atoms with Gasteiger partial charge in [0.25, 0.3) is 0 Å². The SMILES string of the molecule is CC(=O)ON[SH](=O)=O. The van der Waals surface area contributed by atoms with Gasteiger partial charge in [-0.25, -0.2) is 8.42 Å². The molecule has 0 aliphatic heterocycles. The van der Waals surface area contributed by atoms with Crippen LogP contribution in [0.4, 0.5) is 0 Å². The molecule has 0 radical (unpaired) electrons. The molecule has 0 heterocycles. The Morgan fingerprint density at radius 2 is 2.12 bits per heavy atom. The lowest BCUT2D eigenvalue weighted by Crippen LogP contribution is -2.15. The van der Waals surface area contributed by atoms with E-state index in [1.807, 2.05) is 0 Å². The Hall–Kier alpha value is -0.620. The molecule has 1 N–H and O–H groups in total. The van der Waals surface area contributed by atoms with E-state index in [2.05, 4.69) is 4.84 Å². The topological polar surface area (TPSA) is 72.5 Å². The number of hydrogen-bond donors (Lipinski definition) is 2. The lowest BCUT2D eigenvalue weighted by Gasteiger charge is -1.90. The van der Waals surface area contributed by atoms with Gasteiger partial charge in [0.2, 0.25) is 10.9 Å². The predicted octanol–water partition coefficient (Wildman–Crippen LogP) is -1.42. The summed E-state index contributed by atoms with van der Waals surface area (Å²) in [5, 5.41) is 0. The first-order valence-corrected chi connectivity index (χ1v) is 2.88. The van der Waals surface area contributed by atoms with E-state index in [-0.39, 0.29) is 0 Å². The van der Waals surface area contributed by atoms with Crippen LogP contribution in [0.3, 0.4) is 0 Å². The fourth-order valence-electron chi connectivity index (χ4n) is 0.102. The van der Waals surface area contributed by atoms with Crippen molar-refractivity contribution in [1.82, 2.24) is 4.89 Å². The third kappa shape index (κ3) is 5.38. The molecule has 5 nitrogen and oxygen atoms in total. The van der Waals surface area contributed by atoms with Gasteiger partial charge in [0, 0.05) is 6.92 Å². The molecule has 0 amide bonds. The number of hydrogen-bond acceptors (Lipinski definition) is 4. The second-order valence-electron chi connectivity index (χ2n) is 0.942. The van der Waals surface area contributed by atoms with E-state index in [1.54, 1.807) is 0 Å². The minimum atomic E-state index is -2.83. The lowest BCUT2D eigenvalue weighted by atomic mass is 10.8. The van der Waals surface area contributed by atoms with Crippen molar-refractivity contribution in [2.24, 2.45) is 0 Å². The Bertz CT molecular complexity index is 142. The summed E-state index contributed by atoms with van der Waals surface area (Å²) in [7, 11) is -2.83. The maximum atomic E-state index is 9.80. The molecule has 0 bridgehead atoms. The first kappa shape index (κ1) is 7.38. The summed E-state index contributed by atoms with van der Waals surface area (Å²) in [5.41, 5.74) is 0. The number of thiol groups is 1. The highest BCUT2D eigenvalue weighted by Crippen LogP contribution is 1.64. The molecule has 0 rings (SSSR count). The largest absolute Gasteiger partial charge is 0.356 e. The van der Waals surface area contributed by atoms with Gasteiger partial charge < -0.3 is 4.84 Å². The van der Waals surface area contributed by atoms with Gasteiger partial charge in [-0.15, -0.1) is 0 Å². The Morgan fingerprint density at radius 1 is 1.62 bits per heavy atom. The zero-order valence-corrected chi connectivity index (χ0v) is 4.97. The van der Waals surface area contributed by atoms with Crippen molar-refractivity contribution in [2.75, 3.05) is 0 Å². The van der Waals surface area contributed by atoms with E-state index in [0.717, 1.165) is 6.92 Å². The zero-order chi connectivity index (χ0) is 6.57. The van der Waals surface area contributed by atoms with E-state index < -0.39 is 16.9 Å². The maximum absolute atomic E-state index is 9.80. The second kappa shape index (κ2) is 3.39. The van der Waals surface area contributed by atoms with Crippen LogP contribution in [0.5, 0.6) is 0 Å². The molecule has 0 aromatic rings. The van der Waals surface area contributed by atoms with Crippen molar-refractivity contribution >= 4 is 16.9 Å². The Morgan fingerprint density at radius 3 is 2.25 bits per heavy atom. The molecule has 48 valence electrons. The van der Waals surface area contributed by atoms with Crippen molar-refractivity contribution in [3.8, 4) is 0 Å². The standard InChI is InChI=1S/C2H5NO4S/c1-2(4)7-3-8(5)6/h8H,1H3,(H,3,5,6). The molecule has 0 aromatic carbocycles. The van der Waals surface area contributed by atoms with Crippen LogP contribution >= 0.6 is 0 Å². The maximum Gasteiger partial charge on any atom is 0.323 e. The summed E-state index contributed by atoms with van der Waals surface area (Å²) >= 11 is 0. The third-order valence-electron chi connectivity index (χ3n) is 0.264. The molecule has 8 heavy (non-hydrogen) atoms. The molecule has 0 aliphatic carbocycles. The molecule has 6 heteroatoms. The lowest BCUT2D eigenvalue weighted by molar-refractivity contribution is -0.144. The third-order valence-corrected chi connectivity index (χ3v) is 0.504. The number of rotatable bonds is 2. The molecular formula is C2H5NO4S. The Balaban J connectivity index is 3.32. The highest BCUT2D eigenvalue weighted by Gasteiger charge is 1.88. The molecular weight excluding hydrogens is 134 g/mol. The molecule has 0 aliphatic rings. The van der Waals surface area contributed by atoms with Gasteiger partial charge in [-0.05, 0) is 4.89 Å². The summed E-state index contributed by atoms with van der Waals surface area (Å²) in [6.07, 6.45) is 0. The molecule has 0 atom stereocenters. The smallest absolute Gasteiger partial charge is 0.323 e. The molecule has 0 spiro atoms. The van der Waals surface area contributed by atoms with E-state index in [4.69, 9.17) is 0 Å². The van der Waals surface area contributed by atoms with Crippen molar-refractivity contribution in [3.63, 3.8) is 0 Å². The Labute approximate surface area is 47.7 Å². The summed E-state index contributed by atoms with van der Waals surface area (Å²) in [6, 6.07) is 0. The van der Waals surface area contributed by atoms with Crippen molar-refractivity contribution < 1.29 is 18.0 Å². The average molecular weight is 139 g/mol. The van der Waals surface area contributed by atoms with E-state index in [1.165, 1.54) is 4.89 Å². The van der Waals surface area contributed by atoms with Gasteiger partial charge in [-0.1, -0.05) is 0 Å². The van der Waals surface area contributed by atoms with Gasteiger partial charge in [0.1, 0.15) is 0 Å². The summed E-state index contributed by atoms with van der Waals surface area (Å²) in [6.45, 7) is 1.09. The first-order chi connectivity index (χ1) is 3.63. The summed E-state index contributed by atoms with van der Waals surface area (Å²) in [4.78, 5) is 15.1. The van der Waals surface area contributed by atoms with Crippen molar-refractivity contribution in [3.05, 3.63) is 0 Å². The van der Waals surface area contributed by atoms with E-state index >= 15 is 0 Å². The average Bonchev–Trinajstić information content (AvgIpc) is 1.61. The van der Waals surface area contributed by atoms with Crippen LogP contribution in [0.2, 0.25) is 0 Å². The zero-order valence-electron chi connectivity index (χ0n) is 4.08. The van der Waals surface area contributed by atoms with Crippen LogP contribution in [-0.4, -0.2) is 14.4 Å². The normalized spacial score (nSPS) is 9.25. The molecule has 0 unspecified atom stereocenters. The van der Waals surface area contributed by atoms with Crippen LogP contribution in [0.15, 0.2) is 0 Å². The Kier molecular flexibility index (Phi) is 3.13. The highest BCUT2D eigenvalue weighted by molar-refractivity contribution is 7.70. The van der Waals surface area contributed by atoms with Gasteiger partial charge in [-0.3, -0.25) is 4.79 Å². The monoisotopic (exact) mass is 139 g/mol. The van der Waals surface area contributed by atoms with Crippen LogP contribution in [0.1, 0.15) is 6.92 Å². The van der Waals surface area contributed by atoms with Gasteiger partial charge in [-0.2, -0.15) is 0 Å². The van der Waals surface area contributed by atoms with Crippen LogP contribution in [0, 0.1) is 0 Å². The quantitative estimate of drug-likeness (QED) is 0.364. The van der Waals surface area contributed by atoms with Crippen LogP contribution in [-0.2, 0) is 20.5 Å². The minimum Gasteiger partial charge on any atom is -0.356 e. The number of nitrogens with one attached hydrogen (secondary N) is 1. The number of carbonyl (C=O) groups excluding carboxylic acids is 1. The first-order valence-electron chi connectivity index (χ1n) is 1.70. The van der Waals surface area contributed by atoms with E-state index in [9.17, 15) is 13.2 Å². The van der Waals surface area contributed by atoms with Gasteiger partial charge in [0.05, 0.1) is 0 Å². The van der Waals surface area contributed by atoms with Crippen LogP contribution in [0.25, 0.3) is 0 Å². The fourth-order valence-corrected chi connectivity index (χ4v) is 0.305. The van der Waals surface area contributed by atoms with Crippen molar-refractivity contribution in [2.45, 2.75) is 6.92 Å². The van der Waals surface area contributed by atoms with Gasteiger partial charge in [0.15, 0.2) is 0 Å². The van der Waals surface area contributed by atoms with E-state index in [0.29, 0.717) is 0 Å². The molecule has 0 fully saturated rings. The highest BCUT2D eigenvalue weighted by atomic mass is 32.2. The summed E-state index contributed by atoms with van der Waals surface area (Å²) in [5.74, 6) is -0.691. The second-order valence-corrected chi connectivity index (χ2v) is 1.64. The van der Waals surface area contributed by atoms with Gasteiger partial charge >= 0.3 is 5.97 Å².